The van der Waals surface area contributed by atoms with Crippen LogP contribution in [0, 0.1) is 24.7 Å². The van der Waals surface area contributed by atoms with Crippen LogP contribution in [0.5, 0.6) is 0 Å². The average Bonchev–Trinajstić information content (AvgIpc) is 3.73. The number of anilines is 1. The van der Waals surface area contributed by atoms with Crippen LogP contribution in [-0.2, 0) is 26.7 Å². The zero-order valence-electron chi connectivity index (χ0n) is 32.9. The number of rotatable bonds is 15. The first-order valence-electron chi connectivity index (χ1n) is 19.8. The molecule has 2 amide bonds. The number of nitrogens with zero attached hydrogens (tertiary/aromatic N) is 3. The molecule has 0 spiro atoms. The molecule has 6 N–H and O–H groups in total. The number of carboxylic acid groups (broad SMARTS) is 1. The summed E-state index contributed by atoms with van der Waals surface area (Å²) in [6.07, 6.45) is 5.18. The van der Waals surface area contributed by atoms with Gasteiger partial charge in [0.1, 0.15) is 5.78 Å². The van der Waals surface area contributed by atoms with Crippen LogP contribution in [-0.4, -0.2) is 87.4 Å². The number of likely N-dealkylation sites (tertiary alicyclic amines) is 1. The van der Waals surface area contributed by atoms with Crippen LogP contribution in [0.4, 0.5) is 23.2 Å². The molecule has 16 heteroatoms. The Morgan fingerprint density at radius 1 is 0.915 bits per heavy atom. The third-order valence-corrected chi connectivity index (χ3v) is 11.6. The van der Waals surface area contributed by atoms with E-state index in [1.54, 1.807) is 5.10 Å². The Morgan fingerprint density at radius 3 is 2.19 bits per heavy atom. The van der Waals surface area contributed by atoms with Crippen LogP contribution < -0.4 is 16.4 Å². The van der Waals surface area contributed by atoms with Gasteiger partial charge in [0.2, 0.25) is 11.7 Å². The van der Waals surface area contributed by atoms with Crippen molar-refractivity contribution in [3.63, 3.8) is 0 Å². The van der Waals surface area contributed by atoms with E-state index >= 15 is 0 Å². The summed E-state index contributed by atoms with van der Waals surface area (Å²) in [5.74, 6) is -16.7. The summed E-state index contributed by atoms with van der Waals surface area (Å²) in [4.78, 5) is 57.1. The highest BCUT2D eigenvalue weighted by Gasteiger charge is 2.65. The fourth-order valence-electron chi connectivity index (χ4n) is 7.75. The van der Waals surface area contributed by atoms with E-state index < -0.39 is 41.3 Å². The number of carbonyl (C=O) groups excluding carboxylic acids is 3. The van der Waals surface area contributed by atoms with E-state index in [9.17, 15) is 36.7 Å². The Bertz CT molecular complexity index is 2130. The van der Waals surface area contributed by atoms with Crippen molar-refractivity contribution in [3.05, 3.63) is 89.2 Å². The van der Waals surface area contributed by atoms with E-state index in [1.165, 1.54) is 24.3 Å². The second-order valence-electron chi connectivity index (χ2n) is 15.8. The molecule has 1 aliphatic carbocycles. The molecule has 6 rings (SSSR count). The van der Waals surface area contributed by atoms with Crippen LogP contribution in [0.2, 0.25) is 0 Å². The topological polar surface area (TPSA) is 183 Å². The maximum absolute atomic E-state index is 14.3. The van der Waals surface area contributed by atoms with Crippen LogP contribution >= 0.6 is 0 Å². The molecule has 59 heavy (non-hydrogen) atoms. The number of H-pyrrole nitrogens is 1. The molecule has 1 saturated heterocycles. The standard InChI is InChI=1S/C43H49F4N7O5/c1-25-3-8-31(38(56)50-34-17-19-54(2)20-18-34)22-35(25)28-9-4-26(5-10-28)21-32(23-36(55)29-11-6-27(24-48)7-12-29)39(57)49-33-15-13-30(14-16-33)37-51-40(53-52-37)42(44,45)43(46,47)41(58)59/h3-5,8-10,13-16,22,27,29,32,34H,6-7,11-12,17-21,23-24,48H2,1-2H3,(H,49,57)(H,50,56)(H,58,59)(H,51,52,53)/t27?,29?,32-/m1/s1. The number of nitrogens with two attached hydrogens (primary N) is 1. The molecule has 1 aromatic heterocycles. The smallest absolute Gasteiger partial charge is 0.411 e. The van der Waals surface area contributed by atoms with Crippen molar-refractivity contribution < 1.29 is 41.8 Å². The summed E-state index contributed by atoms with van der Waals surface area (Å²) in [7, 11) is 2.07. The van der Waals surface area contributed by atoms with Crippen molar-refractivity contribution in [2.45, 2.75) is 76.2 Å². The van der Waals surface area contributed by atoms with E-state index in [1.807, 2.05) is 49.4 Å². The number of amides is 2. The first kappa shape index (κ1) is 43.1. The minimum absolute atomic E-state index is 0.00393. The number of hydrogen-bond acceptors (Lipinski definition) is 8. The lowest BCUT2D eigenvalue weighted by atomic mass is 9.77. The summed E-state index contributed by atoms with van der Waals surface area (Å²) in [6, 6.07) is 19.1. The number of aliphatic carboxylic acids is 1. The van der Waals surface area contributed by atoms with E-state index in [2.05, 4.69) is 32.7 Å². The van der Waals surface area contributed by atoms with Gasteiger partial charge in [-0.15, -0.1) is 0 Å². The number of carboxylic acids is 1. The second kappa shape index (κ2) is 18.2. The maximum Gasteiger partial charge on any atom is 0.411 e. The highest BCUT2D eigenvalue weighted by molar-refractivity contribution is 5.97. The number of Topliss-reactive ketones (excluding diaryl/α,β-unsaturated/α-hetero) is 1. The van der Waals surface area contributed by atoms with Crippen molar-refractivity contribution in [3.8, 4) is 22.5 Å². The van der Waals surface area contributed by atoms with Gasteiger partial charge in [-0.2, -0.15) is 22.7 Å². The second-order valence-corrected chi connectivity index (χ2v) is 15.8. The number of nitrogens with one attached hydrogen (secondary N) is 3. The quantitative estimate of drug-likeness (QED) is 0.0825. The zero-order valence-corrected chi connectivity index (χ0v) is 32.9. The summed E-state index contributed by atoms with van der Waals surface area (Å²) < 4.78 is 56.0. The molecule has 1 saturated carbocycles. The Morgan fingerprint density at radius 2 is 1.56 bits per heavy atom. The lowest BCUT2D eigenvalue weighted by Crippen LogP contribution is -2.45. The van der Waals surface area contributed by atoms with Crippen molar-refractivity contribution in [2.24, 2.45) is 23.5 Å². The number of benzene rings is 3. The van der Waals surface area contributed by atoms with E-state index in [4.69, 9.17) is 10.8 Å². The molecule has 1 aliphatic heterocycles. The van der Waals surface area contributed by atoms with Gasteiger partial charge in [-0.25, -0.2) is 9.78 Å². The highest BCUT2D eigenvalue weighted by Crippen LogP contribution is 2.42. The number of hydrogen-bond donors (Lipinski definition) is 5. The SMILES string of the molecule is Cc1ccc(C(=O)NC2CCN(C)CC2)cc1-c1ccc(C[C@H](CC(=O)C2CCC(CN)CC2)C(=O)Nc2ccc(-c3n[nH]c(C(F)(F)C(F)(F)C(=O)O)n3)cc2)cc1. The molecule has 4 aromatic rings. The zero-order chi connectivity index (χ0) is 42.5. The largest absolute Gasteiger partial charge is 0.477 e. The molecule has 1 atom stereocenters. The summed E-state index contributed by atoms with van der Waals surface area (Å²) in [5.41, 5.74) is 10.5. The Hall–Kier alpha value is -5.48. The van der Waals surface area contributed by atoms with Crippen LogP contribution in [0.3, 0.4) is 0 Å². The number of aryl methyl sites for hydroxylation is 1. The van der Waals surface area contributed by atoms with Gasteiger partial charge in [0.05, 0.1) is 0 Å². The fourth-order valence-corrected chi connectivity index (χ4v) is 7.75. The molecule has 0 unspecified atom stereocenters. The fraction of sp³-hybridized carbons (Fsp3) is 0.442. The summed E-state index contributed by atoms with van der Waals surface area (Å²) >= 11 is 0. The summed E-state index contributed by atoms with van der Waals surface area (Å²) in [5, 5.41) is 19.9. The predicted octanol–water partition coefficient (Wildman–Crippen LogP) is 6.60. The number of carbonyl (C=O) groups is 4. The van der Waals surface area contributed by atoms with Gasteiger partial charge in [-0.05, 0) is 143 Å². The van der Waals surface area contributed by atoms with Gasteiger partial charge >= 0.3 is 17.8 Å². The third kappa shape index (κ3) is 10.0. The van der Waals surface area contributed by atoms with Crippen molar-refractivity contribution in [1.29, 1.82) is 0 Å². The Balaban J connectivity index is 1.16. The van der Waals surface area contributed by atoms with E-state index in [0.717, 1.165) is 61.0 Å². The minimum atomic E-state index is -5.43. The average molecular weight is 820 g/mol. The lowest BCUT2D eigenvalue weighted by Gasteiger charge is -2.29. The number of alkyl halides is 4. The molecule has 3 aromatic carbocycles. The van der Waals surface area contributed by atoms with Crippen LogP contribution in [0.15, 0.2) is 66.7 Å². The molecular formula is C43H49F4N7O5. The molecule has 2 fully saturated rings. The first-order valence-corrected chi connectivity index (χ1v) is 19.8. The number of halogens is 4. The number of ketones is 1. The maximum atomic E-state index is 14.3. The van der Waals surface area contributed by atoms with Crippen LogP contribution in [0.25, 0.3) is 22.5 Å². The predicted molar refractivity (Wildman–Crippen MR) is 213 cm³/mol. The van der Waals surface area contributed by atoms with Gasteiger partial charge < -0.3 is 26.4 Å². The van der Waals surface area contributed by atoms with Gasteiger partial charge in [0.15, 0.2) is 5.82 Å². The lowest BCUT2D eigenvalue weighted by molar-refractivity contribution is -0.231. The first-order chi connectivity index (χ1) is 28.0. The van der Waals surface area contributed by atoms with Crippen molar-refractivity contribution >= 4 is 29.3 Å². The number of aromatic nitrogens is 3. The Kier molecular flexibility index (Phi) is 13.3. The molecular weight excluding hydrogens is 771 g/mol. The molecule has 314 valence electrons. The van der Waals surface area contributed by atoms with Crippen molar-refractivity contribution in [1.82, 2.24) is 25.4 Å². The van der Waals surface area contributed by atoms with E-state index in [0.29, 0.717) is 36.6 Å². The molecule has 2 aliphatic rings. The molecule has 0 radical (unpaired) electrons. The van der Waals surface area contributed by atoms with Gasteiger partial charge in [-0.1, -0.05) is 30.3 Å². The van der Waals surface area contributed by atoms with Gasteiger partial charge in [0.25, 0.3) is 5.91 Å². The summed E-state index contributed by atoms with van der Waals surface area (Å²) in [6.45, 7) is 4.42. The van der Waals surface area contributed by atoms with E-state index in [-0.39, 0.29) is 42.1 Å². The number of piperidine rings is 1. The normalized spacial score (nSPS) is 18.6. The number of aromatic amines is 1. The molecule has 2 heterocycles. The Labute approximate surface area is 339 Å². The minimum Gasteiger partial charge on any atom is -0.477 e. The highest BCUT2D eigenvalue weighted by atomic mass is 19.3. The van der Waals surface area contributed by atoms with Crippen molar-refractivity contribution in [2.75, 3.05) is 32.0 Å². The van der Waals surface area contributed by atoms with Gasteiger partial charge in [0, 0.05) is 41.1 Å². The molecule has 0 bridgehead atoms. The van der Waals surface area contributed by atoms with Gasteiger partial charge in [-0.3, -0.25) is 19.5 Å². The molecule has 12 nitrogen and oxygen atoms in total. The monoisotopic (exact) mass is 819 g/mol. The third-order valence-electron chi connectivity index (χ3n) is 11.6. The van der Waals surface area contributed by atoms with Crippen LogP contribution in [0.1, 0.15) is 72.3 Å².